The molecule has 0 bridgehead atoms. The van der Waals surface area contributed by atoms with Gasteiger partial charge in [-0.3, -0.25) is 0 Å². The Morgan fingerprint density at radius 2 is 1.21 bits per heavy atom. The fourth-order valence-corrected chi connectivity index (χ4v) is 2.80. The number of methoxy groups -OCH3 is 4. The number of carbonyl (C=O) groups is 1. The summed E-state index contributed by atoms with van der Waals surface area (Å²) in [6, 6.07) is 10.7. The Hall–Kier alpha value is -3.15. The van der Waals surface area contributed by atoms with Crippen LogP contribution in [0.3, 0.4) is 0 Å². The lowest BCUT2D eigenvalue weighted by Crippen LogP contribution is -2.22. The molecular formula is C23H28O6. The van der Waals surface area contributed by atoms with Gasteiger partial charge in [-0.1, -0.05) is 0 Å². The van der Waals surface area contributed by atoms with E-state index in [0.29, 0.717) is 39.7 Å². The SMILES string of the molecule is COc1ccc(OC)c(C(=CC(=O)OC(C)(C)C)c2cc(OC)ccc2OC)c1. The first-order chi connectivity index (χ1) is 13.7. The zero-order chi connectivity index (χ0) is 21.6. The van der Waals surface area contributed by atoms with Crippen LogP contribution in [-0.4, -0.2) is 40.0 Å². The van der Waals surface area contributed by atoms with Crippen molar-refractivity contribution in [2.24, 2.45) is 0 Å². The van der Waals surface area contributed by atoms with Crippen LogP contribution in [0.1, 0.15) is 31.9 Å². The molecule has 0 aromatic heterocycles. The summed E-state index contributed by atoms with van der Waals surface area (Å²) in [6.07, 6.45) is 1.43. The van der Waals surface area contributed by atoms with Crippen LogP contribution in [0, 0.1) is 0 Å². The van der Waals surface area contributed by atoms with E-state index < -0.39 is 11.6 Å². The summed E-state index contributed by atoms with van der Waals surface area (Å²) in [4.78, 5) is 12.7. The highest BCUT2D eigenvalue weighted by Gasteiger charge is 2.21. The predicted octanol–water partition coefficient (Wildman–Crippen LogP) is 4.49. The summed E-state index contributed by atoms with van der Waals surface area (Å²) in [5, 5.41) is 0. The Kier molecular flexibility index (Phi) is 7.15. The summed E-state index contributed by atoms with van der Waals surface area (Å²) in [6.45, 7) is 5.45. The smallest absolute Gasteiger partial charge is 0.331 e. The van der Waals surface area contributed by atoms with Gasteiger partial charge in [-0.2, -0.15) is 0 Å². The second-order valence-electron chi connectivity index (χ2n) is 7.22. The normalized spacial score (nSPS) is 10.7. The van der Waals surface area contributed by atoms with Gasteiger partial charge < -0.3 is 23.7 Å². The van der Waals surface area contributed by atoms with Crippen molar-refractivity contribution in [3.8, 4) is 23.0 Å². The van der Waals surface area contributed by atoms with E-state index in [-0.39, 0.29) is 0 Å². The third-order valence-electron chi connectivity index (χ3n) is 4.06. The van der Waals surface area contributed by atoms with Crippen LogP contribution in [0.25, 0.3) is 5.57 Å². The van der Waals surface area contributed by atoms with E-state index in [0.717, 1.165) is 0 Å². The fourth-order valence-electron chi connectivity index (χ4n) is 2.80. The van der Waals surface area contributed by atoms with E-state index in [9.17, 15) is 4.79 Å². The number of hydrogen-bond donors (Lipinski definition) is 0. The number of ether oxygens (including phenoxy) is 5. The van der Waals surface area contributed by atoms with Crippen molar-refractivity contribution in [2.75, 3.05) is 28.4 Å². The van der Waals surface area contributed by atoms with E-state index in [1.54, 1.807) is 64.8 Å². The van der Waals surface area contributed by atoms with Crippen LogP contribution in [0.5, 0.6) is 23.0 Å². The molecule has 0 aliphatic heterocycles. The topological polar surface area (TPSA) is 63.2 Å². The van der Waals surface area contributed by atoms with Gasteiger partial charge in [0.15, 0.2) is 0 Å². The Morgan fingerprint density at radius 1 is 0.759 bits per heavy atom. The molecule has 0 heterocycles. The van der Waals surface area contributed by atoms with Crippen LogP contribution in [0.4, 0.5) is 0 Å². The average molecular weight is 400 g/mol. The highest BCUT2D eigenvalue weighted by atomic mass is 16.6. The quantitative estimate of drug-likeness (QED) is 0.504. The van der Waals surface area contributed by atoms with Gasteiger partial charge in [0.2, 0.25) is 0 Å². The number of esters is 1. The minimum atomic E-state index is -0.629. The van der Waals surface area contributed by atoms with Crippen LogP contribution in [0.2, 0.25) is 0 Å². The minimum Gasteiger partial charge on any atom is -0.497 e. The second kappa shape index (κ2) is 9.37. The number of rotatable bonds is 7. The molecule has 0 aliphatic rings. The zero-order valence-corrected chi connectivity index (χ0v) is 18.0. The molecular weight excluding hydrogens is 372 g/mol. The van der Waals surface area contributed by atoms with Crippen molar-refractivity contribution in [3.63, 3.8) is 0 Å². The summed E-state index contributed by atoms with van der Waals surface area (Å²) < 4.78 is 27.3. The van der Waals surface area contributed by atoms with Crippen LogP contribution < -0.4 is 18.9 Å². The van der Waals surface area contributed by atoms with E-state index in [2.05, 4.69) is 0 Å². The molecule has 29 heavy (non-hydrogen) atoms. The number of carbonyl (C=O) groups excluding carboxylic acids is 1. The molecule has 0 spiro atoms. The molecule has 0 aliphatic carbocycles. The average Bonchev–Trinajstić information content (AvgIpc) is 2.69. The van der Waals surface area contributed by atoms with Gasteiger partial charge in [-0.15, -0.1) is 0 Å². The van der Waals surface area contributed by atoms with Crippen LogP contribution >= 0.6 is 0 Å². The molecule has 156 valence electrons. The number of benzene rings is 2. The molecule has 2 rings (SSSR count). The first-order valence-corrected chi connectivity index (χ1v) is 9.12. The molecule has 0 unspecified atom stereocenters. The molecule has 0 atom stereocenters. The van der Waals surface area contributed by atoms with Gasteiger partial charge in [0.1, 0.15) is 28.6 Å². The van der Waals surface area contributed by atoms with Crippen molar-refractivity contribution in [2.45, 2.75) is 26.4 Å². The van der Waals surface area contributed by atoms with Gasteiger partial charge in [0, 0.05) is 22.8 Å². The third kappa shape index (κ3) is 5.67. The standard InChI is InChI=1S/C23H28O6/c1-23(2,3)29-22(24)14-17(18-12-15(25-4)8-10-20(18)27-6)19-13-16(26-5)9-11-21(19)28-7/h8-14H,1-7H3. The van der Waals surface area contributed by atoms with Crippen LogP contribution in [0.15, 0.2) is 42.5 Å². The Bertz CT molecular complexity index is 835. The van der Waals surface area contributed by atoms with Crippen molar-refractivity contribution >= 4 is 11.5 Å². The summed E-state index contributed by atoms with van der Waals surface area (Å²) >= 11 is 0. The van der Waals surface area contributed by atoms with E-state index in [1.807, 2.05) is 20.8 Å². The van der Waals surface area contributed by atoms with E-state index in [1.165, 1.54) is 6.08 Å². The van der Waals surface area contributed by atoms with Gasteiger partial charge in [0.25, 0.3) is 0 Å². The maximum Gasteiger partial charge on any atom is 0.331 e. The molecule has 6 nitrogen and oxygen atoms in total. The third-order valence-corrected chi connectivity index (χ3v) is 4.06. The summed E-state index contributed by atoms with van der Waals surface area (Å²) in [7, 11) is 6.29. The van der Waals surface area contributed by atoms with Gasteiger partial charge in [0.05, 0.1) is 28.4 Å². The Morgan fingerprint density at radius 3 is 1.55 bits per heavy atom. The van der Waals surface area contributed by atoms with Crippen molar-refractivity contribution < 1.29 is 28.5 Å². The second-order valence-corrected chi connectivity index (χ2v) is 7.22. The lowest BCUT2D eigenvalue weighted by atomic mass is 9.95. The van der Waals surface area contributed by atoms with Gasteiger partial charge in [-0.05, 0) is 57.2 Å². The summed E-state index contributed by atoms with van der Waals surface area (Å²) in [5.74, 6) is 1.91. The van der Waals surface area contributed by atoms with E-state index in [4.69, 9.17) is 23.7 Å². The maximum absolute atomic E-state index is 12.7. The van der Waals surface area contributed by atoms with Gasteiger partial charge in [-0.25, -0.2) is 4.79 Å². The van der Waals surface area contributed by atoms with Crippen molar-refractivity contribution in [3.05, 3.63) is 53.6 Å². The maximum atomic E-state index is 12.7. The van der Waals surface area contributed by atoms with Crippen LogP contribution in [-0.2, 0) is 9.53 Å². The lowest BCUT2D eigenvalue weighted by Gasteiger charge is -2.20. The molecule has 6 heteroatoms. The molecule has 0 N–H and O–H groups in total. The highest BCUT2D eigenvalue weighted by molar-refractivity contribution is 5.99. The van der Waals surface area contributed by atoms with E-state index >= 15 is 0 Å². The minimum absolute atomic E-state index is 0.484. The molecule has 0 radical (unpaired) electrons. The van der Waals surface area contributed by atoms with Gasteiger partial charge >= 0.3 is 5.97 Å². The summed E-state index contributed by atoms with van der Waals surface area (Å²) in [5.41, 5.74) is 1.24. The predicted molar refractivity (Wildman–Crippen MR) is 112 cm³/mol. The highest BCUT2D eigenvalue weighted by Crippen LogP contribution is 2.39. The van der Waals surface area contributed by atoms with Crippen molar-refractivity contribution in [1.82, 2.24) is 0 Å². The Balaban J connectivity index is 2.76. The largest absolute Gasteiger partial charge is 0.497 e. The zero-order valence-electron chi connectivity index (χ0n) is 18.0. The van der Waals surface area contributed by atoms with Crippen molar-refractivity contribution in [1.29, 1.82) is 0 Å². The molecule has 2 aromatic rings. The first-order valence-electron chi connectivity index (χ1n) is 9.12. The number of hydrogen-bond acceptors (Lipinski definition) is 6. The Labute approximate surface area is 172 Å². The molecule has 2 aromatic carbocycles. The first kappa shape index (κ1) is 22.1. The fraction of sp³-hybridized carbons (Fsp3) is 0.348. The molecule has 0 saturated heterocycles. The lowest BCUT2D eigenvalue weighted by molar-refractivity contribution is -0.148. The molecule has 0 saturated carbocycles. The molecule has 0 fully saturated rings. The molecule has 0 amide bonds. The monoisotopic (exact) mass is 400 g/mol.